The molecule has 0 aromatic heterocycles. The highest BCUT2D eigenvalue weighted by Gasteiger charge is 2.27. The van der Waals surface area contributed by atoms with Crippen LogP contribution in [0.2, 0.25) is 0 Å². The van der Waals surface area contributed by atoms with E-state index in [0.717, 1.165) is 18.5 Å². The van der Waals surface area contributed by atoms with E-state index in [4.69, 9.17) is 0 Å². The molecular formula is C46H44N2. The van der Waals surface area contributed by atoms with Crippen LogP contribution in [0.15, 0.2) is 188 Å². The Morgan fingerprint density at radius 1 is 0.708 bits per heavy atom. The second-order valence-electron chi connectivity index (χ2n) is 12.8. The molecule has 3 atom stereocenters. The number of anilines is 3. The van der Waals surface area contributed by atoms with Crippen LogP contribution < -0.4 is 9.80 Å². The lowest BCUT2D eigenvalue weighted by Crippen LogP contribution is -2.34. The van der Waals surface area contributed by atoms with Gasteiger partial charge in [-0.25, -0.2) is 0 Å². The van der Waals surface area contributed by atoms with Crippen LogP contribution in [0.3, 0.4) is 0 Å². The largest absolute Gasteiger partial charge is 0.335 e. The molecule has 2 nitrogen and oxygen atoms in total. The Balaban J connectivity index is 1.18. The molecule has 0 spiro atoms. The maximum absolute atomic E-state index is 4.23. The average Bonchev–Trinajstić information content (AvgIpc) is 3.43. The van der Waals surface area contributed by atoms with Crippen LogP contribution in [0.4, 0.5) is 17.1 Å². The number of hydrogen-bond acceptors (Lipinski definition) is 2. The van der Waals surface area contributed by atoms with Crippen LogP contribution in [-0.2, 0) is 0 Å². The molecule has 238 valence electrons. The van der Waals surface area contributed by atoms with Gasteiger partial charge >= 0.3 is 0 Å². The lowest BCUT2D eigenvalue weighted by Gasteiger charge is -2.37. The maximum atomic E-state index is 4.23. The van der Waals surface area contributed by atoms with Crippen molar-refractivity contribution in [3.8, 4) is 11.1 Å². The van der Waals surface area contributed by atoms with E-state index in [0.29, 0.717) is 11.8 Å². The first kappa shape index (κ1) is 31.3. The fraction of sp³-hybridized carbons (Fsp3) is 0.174. The molecule has 0 aliphatic heterocycles. The number of fused-ring (bicyclic) bond motifs is 2. The zero-order valence-corrected chi connectivity index (χ0v) is 27.8. The zero-order chi connectivity index (χ0) is 32.7. The van der Waals surface area contributed by atoms with Gasteiger partial charge in [-0.3, -0.25) is 0 Å². The monoisotopic (exact) mass is 624 g/mol. The molecule has 0 fully saturated rings. The SMILES string of the molecule is C=CC(C/C=C\C)N(c1ccc(-c2ccc(N(C3=CC4C=CC=CC4CC3)C3C=CC=CC=C3)cc2)cc1)c1ccc2ccccc2c1. The summed E-state index contributed by atoms with van der Waals surface area (Å²) in [6.07, 6.45) is 34.3. The van der Waals surface area contributed by atoms with E-state index in [1.807, 2.05) is 0 Å². The normalized spacial score (nSPS) is 19.2. The highest BCUT2D eigenvalue weighted by Crippen LogP contribution is 2.39. The van der Waals surface area contributed by atoms with Gasteiger partial charge in [-0.1, -0.05) is 140 Å². The first-order chi connectivity index (χ1) is 23.7. The Morgan fingerprint density at radius 3 is 2.06 bits per heavy atom. The van der Waals surface area contributed by atoms with E-state index in [2.05, 4.69) is 199 Å². The molecule has 0 N–H and O–H groups in total. The summed E-state index contributed by atoms with van der Waals surface area (Å²) in [5.74, 6) is 1.07. The molecule has 4 aromatic rings. The Bertz CT molecular complexity index is 1930. The fourth-order valence-corrected chi connectivity index (χ4v) is 7.28. The van der Waals surface area contributed by atoms with Crippen molar-refractivity contribution >= 4 is 27.8 Å². The Labute approximate surface area is 286 Å². The van der Waals surface area contributed by atoms with Crippen molar-refractivity contribution in [3.05, 3.63) is 188 Å². The second kappa shape index (κ2) is 14.6. The van der Waals surface area contributed by atoms with Crippen LogP contribution in [0.1, 0.15) is 26.2 Å². The van der Waals surface area contributed by atoms with E-state index in [9.17, 15) is 0 Å². The average molecular weight is 625 g/mol. The van der Waals surface area contributed by atoms with E-state index in [1.165, 1.54) is 45.4 Å². The third-order valence-corrected chi connectivity index (χ3v) is 9.83. The highest BCUT2D eigenvalue weighted by molar-refractivity contribution is 5.87. The van der Waals surface area contributed by atoms with Crippen molar-refractivity contribution in [2.75, 3.05) is 9.80 Å². The van der Waals surface area contributed by atoms with Crippen LogP contribution in [-0.4, -0.2) is 12.1 Å². The summed E-state index contributed by atoms with van der Waals surface area (Å²) < 4.78 is 0. The zero-order valence-electron chi connectivity index (χ0n) is 27.8. The van der Waals surface area contributed by atoms with Crippen molar-refractivity contribution in [1.82, 2.24) is 0 Å². The molecule has 2 heteroatoms. The Kier molecular flexibility index (Phi) is 9.52. The van der Waals surface area contributed by atoms with Gasteiger partial charge < -0.3 is 9.80 Å². The fourth-order valence-electron chi connectivity index (χ4n) is 7.28. The summed E-state index contributed by atoms with van der Waals surface area (Å²) in [5.41, 5.74) is 7.36. The van der Waals surface area contributed by atoms with Crippen LogP contribution >= 0.6 is 0 Å². The van der Waals surface area contributed by atoms with Crippen LogP contribution in [0.5, 0.6) is 0 Å². The first-order valence-corrected chi connectivity index (χ1v) is 17.3. The first-order valence-electron chi connectivity index (χ1n) is 17.3. The van der Waals surface area contributed by atoms with Gasteiger partial charge in [0.25, 0.3) is 0 Å². The van der Waals surface area contributed by atoms with Gasteiger partial charge in [-0.2, -0.15) is 0 Å². The molecule has 0 bridgehead atoms. The van der Waals surface area contributed by atoms with E-state index in [-0.39, 0.29) is 12.1 Å². The van der Waals surface area contributed by atoms with Gasteiger partial charge in [0.2, 0.25) is 0 Å². The molecule has 4 aromatic carbocycles. The standard InChI is InChI=1S/C46H44N2/c1-3-5-18-41(4-2)47(45-31-25-35-14-10-12-16-39(35)33-45)43-27-21-37(22-28-43)38-23-29-44(30-24-38)48(42-19-8-6-7-9-20-42)46-32-26-36-15-11-13-17-40(36)34-46/h3-17,19-25,27-31,33-34,36,40-42H,2,18,26,32H2,1H3/b5-3-. The third-order valence-electron chi connectivity index (χ3n) is 9.83. The van der Waals surface area contributed by atoms with Crippen molar-refractivity contribution < 1.29 is 0 Å². The predicted octanol–water partition coefficient (Wildman–Crippen LogP) is 12.1. The molecule has 3 aliphatic rings. The minimum absolute atomic E-state index is 0.130. The summed E-state index contributed by atoms with van der Waals surface area (Å²) in [6, 6.07) is 33.7. The summed E-state index contributed by atoms with van der Waals surface area (Å²) in [4.78, 5) is 4.93. The number of nitrogens with zero attached hydrogens (tertiary/aromatic N) is 2. The summed E-state index contributed by atoms with van der Waals surface area (Å²) in [5, 5.41) is 2.48. The lowest BCUT2D eigenvalue weighted by atomic mass is 9.79. The minimum atomic E-state index is 0.130. The Hall–Kier alpha value is -5.34. The lowest BCUT2D eigenvalue weighted by molar-refractivity contribution is 0.472. The molecular weight excluding hydrogens is 581 g/mol. The predicted molar refractivity (Wildman–Crippen MR) is 208 cm³/mol. The maximum Gasteiger partial charge on any atom is 0.0709 e. The van der Waals surface area contributed by atoms with E-state index < -0.39 is 0 Å². The van der Waals surface area contributed by atoms with Gasteiger partial charge in [0, 0.05) is 28.7 Å². The smallest absolute Gasteiger partial charge is 0.0709 e. The summed E-state index contributed by atoms with van der Waals surface area (Å²) >= 11 is 0. The Morgan fingerprint density at radius 2 is 1.35 bits per heavy atom. The molecule has 0 heterocycles. The van der Waals surface area contributed by atoms with Crippen LogP contribution in [0, 0.1) is 11.8 Å². The van der Waals surface area contributed by atoms with Crippen molar-refractivity contribution in [3.63, 3.8) is 0 Å². The van der Waals surface area contributed by atoms with Crippen molar-refractivity contribution in [1.29, 1.82) is 0 Å². The quantitative estimate of drug-likeness (QED) is 0.162. The van der Waals surface area contributed by atoms with Gasteiger partial charge in [-0.15, -0.1) is 6.58 Å². The molecule has 0 amide bonds. The molecule has 0 saturated heterocycles. The summed E-state index contributed by atoms with van der Waals surface area (Å²) in [6.45, 7) is 6.30. The third kappa shape index (κ3) is 6.71. The molecule has 7 rings (SSSR count). The van der Waals surface area contributed by atoms with Gasteiger partial charge in [0.15, 0.2) is 0 Å². The van der Waals surface area contributed by atoms with Crippen molar-refractivity contribution in [2.45, 2.75) is 38.3 Å². The highest BCUT2D eigenvalue weighted by atomic mass is 15.2. The van der Waals surface area contributed by atoms with Gasteiger partial charge in [0.05, 0.1) is 12.1 Å². The van der Waals surface area contributed by atoms with Gasteiger partial charge in [-0.05, 0) is 90.4 Å². The summed E-state index contributed by atoms with van der Waals surface area (Å²) in [7, 11) is 0. The number of hydrogen-bond donors (Lipinski definition) is 0. The molecule has 0 saturated carbocycles. The number of allylic oxidation sites excluding steroid dienone is 11. The van der Waals surface area contributed by atoms with Crippen molar-refractivity contribution in [2.24, 2.45) is 11.8 Å². The number of benzene rings is 4. The molecule has 48 heavy (non-hydrogen) atoms. The molecule has 0 radical (unpaired) electrons. The number of rotatable bonds is 10. The van der Waals surface area contributed by atoms with Gasteiger partial charge in [0.1, 0.15) is 0 Å². The van der Waals surface area contributed by atoms with E-state index in [1.54, 1.807) is 0 Å². The topological polar surface area (TPSA) is 6.48 Å². The molecule has 3 unspecified atom stereocenters. The van der Waals surface area contributed by atoms with E-state index >= 15 is 0 Å². The molecule has 3 aliphatic carbocycles. The van der Waals surface area contributed by atoms with Crippen LogP contribution in [0.25, 0.3) is 21.9 Å². The minimum Gasteiger partial charge on any atom is -0.335 e. The second-order valence-corrected chi connectivity index (χ2v) is 12.8.